The number of carbonyl (C=O) groups excluding carboxylic acids is 2. The first-order chi connectivity index (χ1) is 10.1. The minimum absolute atomic E-state index is 0.00283. The van der Waals surface area contributed by atoms with E-state index in [9.17, 15) is 9.59 Å². The van der Waals surface area contributed by atoms with Gasteiger partial charge in [-0.2, -0.15) is 0 Å². The third-order valence-electron chi connectivity index (χ3n) is 4.02. The van der Waals surface area contributed by atoms with Crippen LogP contribution in [0.2, 0.25) is 0 Å². The van der Waals surface area contributed by atoms with Crippen LogP contribution >= 0.6 is 0 Å². The Morgan fingerprint density at radius 2 is 2.05 bits per heavy atom. The maximum absolute atomic E-state index is 12.1. The number of nitrogen functional groups attached to an aromatic ring is 1. The quantitative estimate of drug-likeness (QED) is 0.828. The van der Waals surface area contributed by atoms with E-state index in [0.717, 1.165) is 25.9 Å². The molecule has 0 aromatic heterocycles. The first-order valence-corrected chi connectivity index (χ1v) is 7.51. The summed E-state index contributed by atoms with van der Waals surface area (Å²) in [5.41, 5.74) is 6.71. The first-order valence-electron chi connectivity index (χ1n) is 7.51. The molecule has 1 aromatic carbocycles. The average Bonchev–Trinajstić information content (AvgIpc) is 2.53. The van der Waals surface area contributed by atoms with Gasteiger partial charge >= 0.3 is 0 Å². The second-order valence-electron chi connectivity index (χ2n) is 5.56. The van der Waals surface area contributed by atoms with E-state index in [0.29, 0.717) is 17.2 Å². The molecule has 1 unspecified atom stereocenters. The van der Waals surface area contributed by atoms with E-state index in [1.165, 1.54) is 6.42 Å². The molecule has 0 aliphatic carbocycles. The average molecular weight is 289 g/mol. The number of amides is 2. The summed E-state index contributed by atoms with van der Waals surface area (Å²) in [7, 11) is 0. The Morgan fingerprint density at radius 1 is 1.33 bits per heavy atom. The van der Waals surface area contributed by atoms with Crippen LogP contribution in [0.4, 0.5) is 5.69 Å². The molecule has 114 valence electrons. The number of hydrogen-bond donors (Lipinski definition) is 2. The minimum atomic E-state index is -0.243. The van der Waals surface area contributed by atoms with Gasteiger partial charge in [-0.15, -0.1) is 0 Å². The normalized spacial score (nSPS) is 18.3. The molecule has 2 amide bonds. The molecule has 1 fully saturated rings. The summed E-state index contributed by atoms with van der Waals surface area (Å²) in [5.74, 6) is 0.347. The largest absolute Gasteiger partial charge is 0.399 e. The molecule has 3 N–H and O–H groups in total. The first kappa shape index (κ1) is 15.4. The van der Waals surface area contributed by atoms with E-state index in [1.807, 2.05) is 4.90 Å². The Morgan fingerprint density at radius 3 is 2.71 bits per heavy atom. The highest BCUT2D eigenvalue weighted by Crippen LogP contribution is 2.18. The van der Waals surface area contributed by atoms with Gasteiger partial charge in [0.15, 0.2) is 0 Å². The van der Waals surface area contributed by atoms with Gasteiger partial charge in [-0.05, 0) is 43.0 Å². The van der Waals surface area contributed by atoms with E-state index >= 15 is 0 Å². The maximum atomic E-state index is 12.1. The molecule has 0 bridgehead atoms. The highest BCUT2D eigenvalue weighted by molar-refractivity contribution is 5.96. The SMILES string of the molecule is CCC1CCCN(C(=O)CNC(=O)c2ccc(N)cc2)C1. The lowest BCUT2D eigenvalue weighted by molar-refractivity contribution is -0.131. The van der Waals surface area contributed by atoms with Crippen molar-refractivity contribution in [3.05, 3.63) is 29.8 Å². The van der Waals surface area contributed by atoms with Gasteiger partial charge in [-0.3, -0.25) is 9.59 Å². The molecule has 21 heavy (non-hydrogen) atoms. The third kappa shape index (κ3) is 4.21. The standard InChI is InChI=1S/C16H23N3O2/c1-2-12-4-3-9-19(11-12)15(20)10-18-16(21)13-5-7-14(17)8-6-13/h5-8,12H,2-4,9-11,17H2,1H3,(H,18,21). The topological polar surface area (TPSA) is 75.4 Å². The van der Waals surface area contributed by atoms with E-state index in [4.69, 9.17) is 5.73 Å². The fraction of sp³-hybridized carbons (Fsp3) is 0.500. The number of anilines is 1. The van der Waals surface area contributed by atoms with Crippen LogP contribution in [0.25, 0.3) is 0 Å². The Labute approximate surface area is 125 Å². The van der Waals surface area contributed by atoms with Crippen molar-refractivity contribution in [3.63, 3.8) is 0 Å². The predicted octanol–water partition coefficient (Wildman–Crippen LogP) is 1.65. The van der Waals surface area contributed by atoms with Crippen LogP contribution in [0.15, 0.2) is 24.3 Å². The maximum Gasteiger partial charge on any atom is 0.251 e. The molecular weight excluding hydrogens is 266 g/mol. The van der Waals surface area contributed by atoms with Crippen molar-refractivity contribution in [1.82, 2.24) is 10.2 Å². The molecule has 0 radical (unpaired) electrons. The van der Waals surface area contributed by atoms with Crippen LogP contribution in [0.3, 0.4) is 0 Å². The zero-order valence-electron chi connectivity index (χ0n) is 12.5. The van der Waals surface area contributed by atoms with E-state index < -0.39 is 0 Å². The lowest BCUT2D eigenvalue weighted by atomic mass is 9.96. The van der Waals surface area contributed by atoms with Crippen molar-refractivity contribution in [2.75, 3.05) is 25.4 Å². The summed E-state index contributed by atoms with van der Waals surface area (Å²) in [6, 6.07) is 6.66. The van der Waals surface area contributed by atoms with Gasteiger partial charge in [-0.25, -0.2) is 0 Å². The highest BCUT2D eigenvalue weighted by Gasteiger charge is 2.22. The number of benzene rings is 1. The zero-order valence-corrected chi connectivity index (χ0v) is 12.5. The molecular formula is C16H23N3O2. The third-order valence-corrected chi connectivity index (χ3v) is 4.02. The number of rotatable bonds is 4. The smallest absolute Gasteiger partial charge is 0.251 e. The summed E-state index contributed by atoms with van der Waals surface area (Å²) in [6.45, 7) is 3.82. The number of nitrogens with two attached hydrogens (primary N) is 1. The summed E-state index contributed by atoms with van der Waals surface area (Å²) in [6.07, 6.45) is 3.34. The fourth-order valence-electron chi connectivity index (χ4n) is 2.63. The van der Waals surface area contributed by atoms with E-state index in [-0.39, 0.29) is 18.4 Å². The van der Waals surface area contributed by atoms with Crippen molar-refractivity contribution in [1.29, 1.82) is 0 Å². The van der Waals surface area contributed by atoms with Gasteiger partial charge in [0.2, 0.25) is 5.91 Å². The molecule has 1 aromatic rings. The molecule has 1 aliphatic heterocycles. The van der Waals surface area contributed by atoms with E-state index in [1.54, 1.807) is 24.3 Å². The van der Waals surface area contributed by atoms with Gasteiger partial charge < -0.3 is 16.0 Å². The zero-order chi connectivity index (χ0) is 15.2. The summed E-state index contributed by atoms with van der Waals surface area (Å²) >= 11 is 0. The second kappa shape index (κ2) is 7.11. The Kier molecular flexibility index (Phi) is 5.20. The Bertz CT molecular complexity index is 499. The van der Waals surface area contributed by atoms with Crippen molar-refractivity contribution >= 4 is 17.5 Å². The van der Waals surface area contributed by atoms with E-state index in [2.05, 4.69) is 12.2 Å². The number of hydrogen-bond acceptors (Lipinski definition) is 3. The molecule has 5 nitrogen and oxygen atoms in total. The van der Waals surface area contributed by atoms with Gasteiger partial charge in [-0.1, -0.05) is 13.3 Å². The van der Waals surface area contributed by atoms with Gasteiger partial charge in [0.05, 0.1) is 6.54 Å². The van der Waals surface area contributed by atoms with Gasteiger partial charge in [0.25, 0.3) is 5.91 Å². The van der Waals surface area contributed by atoms with Gasteiger partial charge in [0, 0.05) is 24.3 Å². The second-order valence-corrected chi connectivity index (χ2v) is 5.56. The lowest BCUT2D eigenvalue weighted by Gasteiger charge is -2.32. The minimum Gasteiger partial charge on any atom is -0.399 e. The molecule has 1 saturated heterocycles. The molecule has 5 heteroatoms. The predicted molar refractivity (Wildman–Crippen MR) is 82.8 cm³/mol. The van der Waals surface area contributed by atoms with Crippen LogP contribution < -0.4 is 11.1 Å². The number of piperidine rings is 1. The summed E-state index contributed by atoms with van der Waals surface area (Å²) in [5, 5.41) is 2.68. The monoisotopic (exact) mass is 289 g/mol. The summed E-state index contributed by atoms with van der Waals surface area (Å²) < 4.78 is 0. The Balaban J connectivity index is 1.83. The molecule has 0 saturated carbocycles. The van der Waals surface area contributed by atoms with Crippen molar-refractivity contribution in [2.24, 2.45) is 5.92 Å². The highest BCUT2D eigenvalue weighted by atomic mass is 16.2. The van der Waals surface area contributed by atoms with Crippen LogP contribution in [0.1, 0.15) is 36.5 Å². The molecule has 2 rings (SSSR count). The molecule has 1 heterocycles. The van der Waals surface area contributed by atoms with Crippen LogP contribution in [0, 0.1) is 5.92 Å². The van der Waals surface area contributed by atoms with Crippen molar-refractivity contribution in [3.8, 4) is 0 Å². The van der Waals surface area contributed by atoms with Crippen LogP contribution in [-0.4, -0.2) is 36.3 Å². The van der Waals surface area contributed by atoms with Crippen molar-refractivity contribution in [2.45, 2.75) is 26.2 Å². The lowest BCUT2D eigenvalue weighted by Crippen LogP contribution is -2.45. The fourth-order valence-corrected chi connectivity index (χ4v) is 2.63. The number of carbonyl (C=O) groups is 2. The number of nitrogens with one attached hydrogen (secondary N) is 1. The Hall–Kier alpha value is -2.04. The van der Waals surface area contributed by atoms with Crippen LogP contribution in [0.5, 0.6) is 0 Å². The van der Waals surface area contributed by atoms with Crippen molar-refractivity contribution < 1.29 is 9.59 Å². The molecule has 0 spiro atoms. The summed E-state index contributed by atoms with van der Waals surface area (Å²) in [4.78, 5) is 25.9. The number of likely N-dealkylation sites (tertiary alicyclic amines) is 1. The molecule has 1 atom stereocenters. The molecule has 1 aliphatic rings. The van der Waals surface area contributed by atoms with Gasteiger partial charge in [0.1, 0.15) is 0 Å². The van der Waals surface area contributed by atoms with Crippen LogP contribution in [-0.2, 0) is 4.79 Å². The number of nitrogens with zero attached hydrogens (tertiary/aromatic N) is 1.